The van der Waals surface area contributed by atoms with E-state index >= 15 is 0 Å². The summed E-state index contributed by atoms with van der Waals surface area (Å²) in [7, 11) is 0. The second-order valence-electron chi connectivity index (χ2n) is 4.19. The average Bonchev–Trinajstić information content (AvgIpc) is 2.43. The molecule has 0 heterocycles. The number of anilines is 1. The first-order valence-corrected chi connectivity index (χ1v) is 6.44. The first-order valence-electron chi connectivity index (χ1n) is 6.44. The summed E-state index contributed by atoms with van der Waals surface area (Å²) in [5.41, 5.74) is 7.24. The maximum atomic E-state index is 11.7. The zero-order valence-electron chi connectivity index (χ0n) is 11.5. The summed E-state index contributed by atoms with van der Waals surface area (Å²) in [6.07, 6.45) is -0.101. The average molecular weight is 266 g/mol. The zero-order chi connectivity index (χ0) is 14.1. The van der Waals surface area contributed by atoms with Crippen molar-refractivity contribution in [1.29, 1.82) is 0 Å². The van der Waals surface area contributed by atoms with Gasteiger partial charge in [0, 0.05) is 18.8 Å². The standard InChI is InChI=1S/C14H22N2O3/c1-3-18-9-11(2)19-10-14(17)16-13-7-5-4-6-12(13)8-15/h4-7,11H,3,8-10,15H2,1-2H3,(H,16,17). The van der Waals surface area contributed by atoms with Crippen LogP contribution in [0.15, 0.2) is 24.3 Å². The summed E-state index contributed by atoms with van der Waals surface area (Å²) in [5.74, 6) is -0.191. The second-order valence-corrected chi connectivity index (χ2v) is 4.19. The maximum Gasteiger partial charge on any atom is 0.250 e. The number of hydrogen-bond donors (Lipinski definition) is 2. The van der Waals surface area contributed by atoms with Crippen LogP contribution >= 0.6 is 0 Å². The number of carbonyl (C=O) groups excluding carboxylic acids is 1. The summed E-state index contributed by atoms with van der Waals surface area (Å²) < 4.78 is 10.6. The Labute approximate surface area is 114 Å². The second kappa shape index (κ2) is 8.63. The predicted octanol–water partition coefficient (Wildman–Crippen LogP) is 1.53. The van der Waals surface area contributed by atoms with Crippen molar-refractivity contribution in [1.82, 2.24) is 0 Å². The molecule has 1 aromatic rings. The van der Waals surface area contributed by atoms with E-state index in [1.54, 1.807) is 0 Å². The van der Waals surface area contributed by atoms with Crippen LogP contribution in [0.25, 0.3) is 0 Å². The molecule has 5 heteroatoms. The van der Waals surface area contributed by atoms with Gasteiger partial charge < -0.3 is 20.5 Å². The maximum absolute atomic E-state index is 11.7. The molecule has 1 rings (SSSR count). The molecule has 0 aliphatic rings. The predicted molar refractivity (Wildman–Crippen MR) is 74.9 cm³/mol. The van der Waals surface area contributed by atoms with Crippen molar-refractivity contribution in [2.24, 2.45) is 5.73 Å². The number of ether oxygens (including phenoxy) is 2. The van der Waals surface area contributed by atoms with E-state index in [0.29, 0.717) is 19.8 Å². The van der Waals surface area contributed by atoms with Gasteiger partial charge in [-0.25, -0.2) is 0 Å². The van der Waals surface area contributed by atoms with Gasteiger partial charge in [-0.3, -0.25) is 4.79 Å². The summed E-state index contributed by atoms with van der Waals surface area (Å²) in [5, 5.41) is 2.79. The Bertz CT molecular complexity index is 396. The highest BCUT2D eigenvalue weighted by Crippen LogP contribution is 2.13. The first kappa shape index (κ1) is 15.6. The highest BCUT2D eigenvalue weighted by molar-refractivity contribution is 5.92. The molecule has 1 atom stereocenters. The Hall–Kier alpha value is -1.43. The van der Waals surface area contributed by atoms with Crippen molar-refractivity contribution < 1.29 is 14.3 Å². The smallest absolute Gasteiger partial charge is 0.250 e. The van der Waals surface area contributed by atoms with Gasteiger partial charge in [-0.2, -0.15) is 0 Å². The van der Waals surface area contributed by atoms with Crippen molar-refractivity contribution in [2.45, 2.75) is 26.5 Å². The van der Waals surface area contributed by atoms with Gasteiger partial charge in [0.15, 0.2) is 0 Å². The van der Waals surface area contributed by atoms with Gasteiger partial charge in [-0.1, -0.05) is 18.2 Å². The number of carbonyl (C=O) groups is 1. The lowest BCUT2D eigenvalue weighted by Gasteiger charge is -2.13. The Morgan fingerprint density at radius 3 is 2.84 bits per heavy atom. The molecule has 1 amide bonds. The number of benzene rings is 1. The van der Waals surface area contributed by atoms with Crippen molar-refractivity contribution in [3.05, 3.63) is 29.8 Å². The molecule has 0 fully saturated rings. The van der Waals surface area contributed by atoms with Crippen LogP contribution in [0.4, 0.5) is 5.69 Å². The van der Waals surface area contributed by atoms with Gasteiger partial charge in [0.2, 0.25) is 5.91 Å². The van der Waals surface area contributed by atoms with Gasteiger partial charge >= 0.3 is 0 Å². The van der Waals surface area contributed by atoms with Gasteiger partial charge in [0.25, 0.3) is 0 Å². The fourth-order valence-electron chi connectivity index (χ4n) is 1.56. The summed E-state index contributed by atoms with van der Waals surface area (Å²) in [6, 6.07) is 7.45. The third-order valence-electron chi connectivity index (χ3n) is 2.57. The molecule has 0 saturated heterocycles. The van der Waals surface area contributed by atoms with Crippen LogP contribution in [0.3, 0.4) is 0 Å². The number of nitrogens with two attached hydrogens (primary N) is 1. The summed E-state index contributed by atoms with van der Waals surface area (Å²) in [4.78, 5) is 11.7. The Morgan fingerprint density at radius 2 is 2.16 bits per heavy atom. The fraction of sp³-hybridized carbons (Fsp3) is 0.500. The number of amides is 1. The van der Waals surface area contributed by atoms with E-state index in [4.69, 9.17) is 15.2 Å². The molecule has 1 unspecified atom stereocenters. The minimum Gasteiger partial charge on any atom is -0.379 e. The number of hydrogen-bond acceptors (Lipinski definition) is 4. The van der Waals surface area contributed by atoms with Crippen LogP contribution in [-0.2, 0) is 20.8 Å². The van der Waals surface area contributed by atoms with Gasteiger partial charge in [-0.05, 0) is 25.5 Å². The van der Waals surface area contributed by atoms with Crippen molar-refractivity contribution in [3.8, 4) is 0 Å². The Kier molecular flexibility index (Phi) is 7.10. The minimum absolute atomic E-state index is 0.00709. The molecule has 0 aliphatic carbocycles. The number of rotatable bonds is 8. The topological polar surface area (TPSA) is 73.6 Å². The molecule has 106 valence electrons. The van der Waals surface area contributed by atoms with E-state index in [-0.39, 0.29) is 18.6 Å². The molecule has 1 aromatic carbocycles. The van der Waals surface area contributed by atoms with Crippen LogP contribution in [-0.4, -0.2) is 31.8 Å². The molecule has 0 radical (unpaired) electrons. The van der Waals surface area contributed by atoms with Crippen LogP contribution in [0, 0.1) is 0 Å². The summed E-state index contributed by atoms with van der Waals surface area (Å²) >= 11 is 0. The fourth-order valence-corrected chi connectivity index (χ4v) is 1.56. The van der Waals surface area contributed by atoms with Crippen molar-refractivity contribution in [3.63, 3.8) is 0 Å². The van der Waals surface area contributed by atoms with E-state index in [2.05, 4.69) is 5.32 Å². The van der Waals surface area contributed by atoms with Crippen LogP contribution in [0.2, 0.25) is 0 Å². The van der Waals surface area contributed by atoms with Gasteiger partial charge in [0.1, 0.15) is 6.61 Å². The quantitative estimate of drug-likeness (QED) is 0.748. The molecule has 0 aromatic heterocycles. The molecular weight excluding hydrogens is 244 g/mol. The Morgan fingerprint density at radius 1 is 1.42 bits per heavy atom. The number of para-hydroxylation sites is 1. The molecule has 0 aliphatic heterocycles. The monoisotopic (exact) mass is 266 g/mol. The van der Waals surface area contributed by atoms with E-state index < -0.39 is 0 Å². The first-order chi connectivity index (χ1) is 9.17. The third kappa shape index (κ3) is 5.83. The molecule has 0 spiro atoms. The summed E-state index contributed by atoms with van der Waals surface area (Å²) in [6.45, 7) is 5.32. The molecule has 0 saturated carbocycles. The molecule has 19 heavy (non-hydrogen) atoms. The highest BCUT2D eigenvalue weighted by Gasteiger charge is 2.08. The highest BCUT2D eigenvalue weighted by atomic mass is 16.5. The molecule has 5 nitrogen and oxygen atoms in total. The van der Waals surface area contributed by atoms with E-state index in [1.165, 1.54) is 0 Å². The third-order valence-corrected chi connectivity index (χ3v) is 2.57. The SMILES string of the molecule is CCOCC(C)OCC(=O)Nc1ccccc1CN. The van der Waals surface area contributed by atoms with Crippen molar-refractivity contribution >= 4 is 11.6 Å². The lowest BCUT2D eigenvalue weighted by atomic mass is 10.2. The molecular formula is C14H22N2O3. The van der Waals surface area contributed by atoms with Gasteiger partial charge in [-0.15, -0.1) is 0 Å². The molecule has 3 N–H and O–H groups in total. The van der Waals surface area contributed by atoms with E-state index in [1.807, 2.05) is 38.1 Å². The van der Waals surface area contributed by atoms with Crippen LogP contribution in [0.5, 0.6) is 0 Å². The van der Waals surface area contributed by atoms with Crippen LogP contribution < -0.4 is 11.1 Å². The lowest BCUT2D eigenvalue weighted by molar-refractivity contribution is -0.123. The lowest BCUT2D eigenvalue weighted by Crippen LogP contribution is -2.25. The van der Waals surface area contributed by atoms with Crippen molar-refractivity contribution in [2.75, 3.05) is 25.1 Å². The van der Waals surface area contributed by atoms with E-state index in [9.17, 15) is 4.79 Å². The van der Waals surface area contributed by atoms with Crippen LogP contribution in [0.1, 0.15) is 19.4 Å². The zero-order valence-corrected chi connectivity index (χ0v) is 11.5. The normalized spacial score (nSPS) is 12.2. The van der Waals surface area contributed by atoms with E-state index in [0.717, 1.165) is 11.3 Å². The largest absolute Gasteiger partial charge is 0.379 e. The Balaban J connectivity index is 2.38. The number of nitrogens with one attached hydrogen (secondary N) is 1. The van der Waals surface area contributed by atoms with Gasteiger partial charge in [0.05, 0.1) is 12.7 Å². The molecule has 0 bridgehead atoms. The minimum atomic E-state index is -0.191.